The summed E-state index contributed by atoms with van der Waals surface area (Å²) in [7, 11) is 0. The minimum absolute atomic E-state index is 0.136. The van der Waals surface area contributed by atoms with Crippen molar-refractivity contribution < 1.29 is 4.42 Å². The van der Waals surface area contributed by atoms with Crippen LogP contribution in [0.25, 0.3) is 87.6 Å². The van der Waals surface area contributed by atoms with Crippen molar-refractivity contribution in [3.63, 3.8) is 0 Å². The van der Waals surface area contributed by atoms with Crippen molar-refractivity contribution in [3.8, 4) is 33.4 Å². The first-order valence-electron chi connectivity index (χ1n) is 18.8. The second-order valence-corrected chi connectivity index (χ2v) is 15.8. The number of anilines is 3. The smallest absolute Gasteiger partial charge is 0.159 e. The number of benzene rings is 9. The van der Waals surface area contributed by atoms with E-state index in [1.807, 2.05) is 6.07 Å². The number of hydrogen-bond acceptors (Lipinski definition) is 2. The van der Waals surface area contributed by atoms with Crippen molar-refractivity contribution in [2.75, 3.05) is 4.90 Å². The standard InChI is InChI=1S/C52H37NO/c1-52(2,3)50-40-15-8-7-14-33(40)23-25-47(50)53(48-18-11-17-42-41-16-9-10-19-49(41)54-51(42)48)39-24-22-36-29-44-43-28-35-21-20-34(32-12-5-4-6-13-32)26-37(35)30-45(43)46(44)31-38(36)27-39/h4-31H,1-3H3. The monoisotopic (exact) mass is 691 g/mol. The number of fused-ring (bicyclic) bond motifs is 10. The molecule has 0 bridgehead atoms. The van der Waals surface area contributed by atoms with Gasteiger partial charge < -0.3 is 9.32 Å². The first-order chi connectivity index (χ1) is 26.4. The predicted octanol–water partition coefficient (Wildman–Crippen LogP) is 15.1. The Kier molecular flexibility index (Phi) is 6.55. The van der Waals surface area contributed by atoms with Crippen molar-refractivity contribution in [3.05, 3.63) is 175 Å². The Labute approximate surface area is 314 Å². The van der Waals surface area contributed by atoms with E-state index in [1.54, 1.807) is 0 Å². The van der Waals surface area contributed by atoms with Gasteiger partial charge in [-0.3, -0.25) is 0 Å². The van der Waals surface area contributed by atoms with Gasteiger partial charge in [-0.05, 0) is 137 Å². The quantitative estimate of drug-likeness (QED) is 0.183. The summed E-state index contributed by atoms with van der Waals surface area (Å²) in [6.45, 7) is 6.97. The van der Waals surface area contributed by atoms with Gasteiger partial charge in [0.15, 0.2) is 5.58 Å². The van der Waals surface area contributed by atoms with Gasteiger partial charge >= 0.3 is 0 Å². The summed E-state index contributed by atoms with van der Waals surface area (Å²) in [5.41, 5.74) is 14.0. The molecule has 10 aromatic rings. The van der Waals surface area contributed by atoms with E-state index in [0.717, 1.165) is 39.0 Å². The van der Waals surface area contributed by atoms with Crippen molar-refractivity contribution in [2.45, 2.75) is 26.2 Å². The molecule has 256 valence electrons. The molecule has 2 nitrogen and oxygen atoms in total. The molecule has 0 unspecified atom stereocenters. The lowest BCUT2D eigenvalue weighted by Gasteiger charge is -2.33. The van der Waals surface area contributed by atoms with E-state index < -0.39 is 0 Å². The van der Waals surface area contributed by atoms with Crippen LogP contribution >= 0.6 is 0 Å². The minimum atomic E-state index is -0.136. The van der Waals surface area contributed by atoms with Crippen molar-refractivity contribution in [1.29, 1.82) is 0 Å². The Hall–Kier alpha value is -6.64. The lowest BCUT2D eigenvalue weighted by atomic mass is 9.77. The van der Waals surface area contributed by atoms with Gasteiger partial charge in [-0.25, -0.2) is 0 Å². The third-order valence-electron chi connectivity index (χ3n) is 11.4. The predicted molar refractivity (Wildman–Crippen MR) is 229 cm³/mol. The van der Waals surface area contributed by atoms with Gasteiger partial charge in [-0.1, -0.05) is 130 Å². The molecule has 0 fully saturated rings. The Morgan fingerprint density at radius 1 is 0.407 bits per heavy atom. The van der Waals surface area contributed by atoms with Crippen molar-refractivity contribution in [2.24, 2.45) is 0 Å². The number of para-hydroxylation sites is 2. The average molecular weight is 692 g/mol. The van der Waals surface area contributed by atoms with Crippen LogP contribution in [0.1, 0.15) is 26.3 Å². The molecule has 0 saturated carbocycles. The Morgan fingerprint density at radius 2 is 1.02 bits per heavy atom. The maximum Gasteiger partial charge on any atom is 0.159 e. The molecule has 0 N–H and O–H groups in total. The highest BCUT2D eigenvalue weighted by Crippen LogP contribution is 2.52. The molecule has 1 heterocycles. The lowest BCUT2D eigenvalue weighted by molar-refractivity contribution is 0.596. The molecule has 0 aliphatic heterocycles. The van der Waals surface area contributed by atoms with E-state index in [2.05, 4.69) is 189 Å². The summed E-state index contributed by atoms with van der Waals surface area (Å²) < 4.78 is 6.72. The first-order valence-corrected chi connectivity index (χ1v) is 18.8. The van der Waals surface area contributed by atoms with Gasteiger partial charge in [-0.15, -0.1) is 0 Å². The van der Waals surface area contributed by atoms with Crippen LogP contribution < -0.4 is 4.90 Å². The molecule has 0 spiro atoms. The van der Waals surface area contributed by atoms with E-state index in [0.29, 0.717) is 0 Å². The van der Waals surface area contributed by atoms with Crippen LogP contribution in [0, 0.1) is 0 Å². The minimum Gasteiger partial charge on any atom is -0.454 e. The third-order valence-corrected chi connectivity index (χ3v) is 11.4. The molecule has 1 aliphatic carbocycles. The van der Waals surface area contributed by atoms with Gasteiger partial charge in [0.2, 0.25) is 0 Å². The van der Waals surface area contributed by atoms with Crippen LogP contribution in [-0.4, -0.2) is 0 Å². The highest BCUT2D eigenvalue weighted by atomic mass is 16.3. The normalized spacial score (nSPS) is 12.4. The zero-order valence-corrected chi connectivity index (χ0v) is 30.5. The van der Waals surface area contributed by atoms with Gasteiger partial charge in [0.1, 0.15) is 5.58 Å². The topological polar surface area (TPSA) is 16.4 Å². The Morgan fingerprint density at radius 3 is 1.78 bits per heavy atom. The fraction of sp³-hybridized carbons (Fsp3) is 0.0769. The average Bonchev–Trinajstić information content (AvgIpc) is 3.59. The van der Waals surface area contributed by atoms with Crippen LogP contribution in [0.3, 0.4) is 0 Å². The van der Waals surface area contributed by atoms with Crippen LogP contribution in [0.5, 0.6) is 0 Å². The Bertz CT molecular complexity index is 3140. The largest absolute Gasteiger partial charge is 0.454 e. The summed E-state index contributed by atoms with van der Waals surface area (Å²) >= 11 is 0. The zero-order chi connectivity index (χ0) is 36.1. The number of hydrogen-bond donors (Lipinski definition) is 0. The molecule has 54 heavy (non-hydrogen) atoms. The molecule has 0 atom stereocenters. The van der Waals surface area contributed by atoms with Crippen LogP contribution in [0.2, 0.25) is 0 Å². The third kappa shape index (κ3) is 4.66. The van der Waals surface area contributed by atoms with Gasteiger partial charge in [0, 0.05) is 16.5 Å². The summed E-state index contributed by atoms with van der Waals surface area (Å²) in [6.07, 6.45) is 0. The van der Waals surface area contributed by atoms with Crippen molar-refractivity contribution in [1.82, 2.24) is 0 Å². The zero-order valence-electron chi connectivity index (χ0n) is 30.5. The second-order valence-electron chi connectivity index (χ2n) is 15.8. The summed E-state index contributed by atoms with van der Waals surface area (Å²) in [4.78, 5) is 2.43. The molecule has 9 aromatic carbocycles. The lowest BCUT2D eigenvalue weighted by Crippen LogP contribution is -2.19. The number of rotatable bonds is 4. The molecule has 1 aliphatic rings. The molecular weight excluding hydrogens is 655 g/mol. The highest BCUT2D eigenvalue weighted by molar-refractivity contribution is 6.14. The van der Waals surface area contributed by atoms with Gasteiger partial charge in [0.25, 0.3) is 0 Å². The number of nitrogens with zero attached hydrogens (tertiary/aromatic N) is 1. The molecule has 0 radical (unpaired) electrons. The van der Waals surface area contributed by atoms with Gasteiger partial charge in [-0.2, -0.15) is 0 Å². The first kappa shape index (κ1) is 30.9. The van der Waals surface area contributed by atoms with E-state index in [9.17, 15) is 0 Å². The molecule has 0 saturated heterocycles. The Balaban J connectivity index is 1.11. The van der Waals surface area contributed by atoms with E-state index in [-0.39, 0.29) is 5.41 Å². The van der Waals surface area contributed by atoms with E-state index in [4.69, 9.17) is 4.42 Å². The van der Waals surface area contributed by atoms with Crippen LogP contribution in [0.4, 0.5) is 17.1 Å². The fourth-order valence-corrected chi connectivity index (χ4v) is 8.91. The number of furan rings is 1. The maximum atomic E-state index is 6.72. The molecule has 11 rings (SSSR count). The van der Waals surface area contributed by atoms with Gasteiger partial charge in [0.05, 0.1) is 11.4 Å². The fourth-order valence-electron chi connectivity index (χ4n) is 8.91. The SMILES string of the molecule is CC(C)(C)c1c(N(c2ccc3cc4c(cc3c2)-c2cc3cc(-c5ccccc5)ccc3cc2-4)c2cccc3c2oc2ccccc23)ccc2ccccc12. The molecule has 0 amide bonds. The van der Waals surface area contributed by atoms with E-state index >= 15 is 0 Å². The summed E-state index contributed by atoms with van der Waals surface area (Å²) in [6, 6.07) is 62.2. The van der Waals surface area contributed by atoms with Crippen LogP contribution in [0.15, 0.2) is 174 Å². The summed E-state index contributed by atoms with van der Waals surface area (Å²) in [5, 5.41) is 9.75. The van der Waals surface area contributed by atoms with E-state index in [1.165, 1.54) is 71.3 Å². The molecule has 2 heteroatoms. The second kappa shape index (κ2) is 11.4. The highest BCUT2D eigenvalue weighted by Gasteiger charge is 2.29. The van der Waals surface area contributed by atoms with Crippen molar-refractivity contribution >= 4 is 71.3 Å². The maximum absolute atomic E-state index is 6.72. The molecular formula is C52H37NO. The van der Waals surface area contributed by atoms with Crippen LogP contribution in [-0.2, 0) is 5.41 Å². The molecule has 1 aromatic heterocycles. The summed E-state index contributed by atoms with van der Waals surface area (Å²) in [5.74, 6) is 0.